The van der Waals surface area contributed by atoms with Crippen molar-refractivity contribution in [2.75, 3.05) is 11.9 Å². The molecule has 0 aliphatic carbocycles. The van der Waals surface area contributed by atoms with E-state index < -0.39 is 0 Å². The third kappa shape index (κ3) is 3.30. The van der Waals surface area contributed by atoms with Crippen LogP contribution in [0.15, 0.2) is 12.3 Å². The fourth-order valence-corrected chi connectivity index (χ4v) is 1.21. The molecule has 0 spiro atoms. The van der Waals surface area contributed by atoms with Crippen LogP contribution in [0.4, 0.5) is 5.82 Å². The number of nitrogens with zero attached hydrogens (tertiary/aromatic N) is 2. The van der Waals surface area contributed by atoms with Gasteiger partial charge in [-0.2, -0.15) is 5.10 Å². The predicted molar refractivity (Wildman–Crippen MR) is 56.2 cm³/mol. The van der Waals surface area contributed by atoms with Crippen molar-refractivity contribution in [3.63, 3.8) is 0 Å². The monoisotopic (exact) mass is 195 g/mol. The van der Waals surface area contributed by atoms with Crippen LogP contribution in [0.5, 0.6) is 0 Å². The van der Waals surface area contributed by atoms with Crippen LogP contribution in [-0.2, 0) is 0 Å². The zero-order valence-electron chi connectivity index (χ0n) is 8.91. The van der Waals surface area contributed by atoms with Gasteiger partial charge in [-0.05, 0) is 38.8 Å². The molecule has 0 amide bonds. The molecular weight excluding hydrogens is 178 g/mol. The molecule has 1 aromatic heterocycles. The highest BCUT2D eigenvalue weighted by Gasteiger charge is 2.16. The minimum atomic E-state index is -0.156. The van der Waals surface area contributed by atoms with Gasteiger partial charge in [-0.25, -0.2) is 0 Å². The Morgan fingerprint density at radius 2 is 2.21 bits per heavy atom. The first kappa shape index (κ1) is 10.9. The third-order valence-corrected chi connectivity index (χ3v) is 1.99. The molecule has 1 heterocycles. The minimum Gasteiger partial charge on any atom is -0.396 e. The standard InChI is InChI=1S/C10H17N3O/c1-8-6-9(13-11-7-8)12-10(2,3)4-5-14/h6-7,14H,4-5H2,1-3H3,(H,12,13). The molecule has 0 bridgehead atoms. The summed E-state index contributed by atoms with van der Waals surface area (Å²) in [5, 5.41) is 19.9. The molecule has 0 fully saturated rings. The number of nitrogens with one attached hydrogen (secondary N) is 1. The summed E-state index contributed by atoms with van der Waals surface area (Å²) < 4.78 is 0. The first-order chi connectivity index (χ1) is 6.53. The van der Waals surface area contributed by atoms with Crippen LogP contribution in [0.3, 0.4) is 0 Å². The summed E-state index contributed by atoms with van der Waals surface area (Å²) in [5.74, 6) is 0.753. The summed E-state index contributed by atoms with van der Waals surface area (Å²) in [5.41, 5.74) is 0.916. The Hall–Kier alpha value is -1.16. The number of aliphatic hydroxyl groups excluding tert-OH is 1. The summed E-state index contributed by atoms with van der Waals surface area (Å²) in [6.45, 7) is 6.18. The van der Waals surface area contributed by atoms with Crippen LogP contribution in [0.1, 0.15) is 25.8 Å². The van der Waals surface area contributed by atoms with Crippen molar-refractivity contribution in [3.05, 3.63) is 17.8 Å². The van der Waals surface area contributed by atoms with Crippen LogP contribution in [0, 0.1) is 6.92 Å². The minimum absolute atomic E-state index is 0.156. The highest BCUT2D eigenvalue weighted by atomic mass is 16.3. The second kappa shape index (κ2) is 4.37. The number of aryl methyl sites for hydroxylation is 1. The summed E-state index contributed by atoms with van der Waals surface area (Å²) in [6, 6.07) is 1.94. The Bertz CT molecular complexity index is 299. The topological polar surface area (TPSA) is 58.0 Å². The summed E-state index contributed by atoms with van der Waals surface area (Å²) >= 11 is 0. The number of hydrogen-bond donors (Lipinski definition) is 2. The molecule has 1 aromatic rings. The van der Waals surface area contributed by atoms with Gasteiger partial charge in [0.05, 0.1) is 6.20 Å². The van der Waals surface area contributed by atoms with Crippen molar-refractivity contribution in [1.82, 2.24) is 10.2 Å². The van der Waals surface area contributed by atoms with E-state index in [0.717, 1.165) is 11.4 Å². The van der Waals surface area contributed by atoms with Gasteiger partial charge in [-0.3, -0.25) is 0 Å². The van der Waals surface area contributed by atoms with Gasteiger partial charge in [0.15, 0.2) is 0 Å². The van der Waals surface area contributed by atoms with Gasteiger partial charge in [0, 0.05) is 12.1 Å². The van der Waals surface area contributed by atoms with Crippen molar-refractivity contribution < 1.29 is 5.11 Å². The Kier molecular flexibility index (Phi) is 3.41. The Balaban J connectivity index is 2.68. The van der Waals surface area contributed by atoms with Crippen LogP contribution in [0.2, 0.25) is 0 Å². The van der Waals surface area contributed by atoms with Crippen molar-refractivity contribution in [2.45, 2.75) is 32.7 Å². The number of anilines is 1. The predicted octanol–water partition coefficient (Wildman–Crippen LogP) is 1.36. The molecule has 78 valence electrons. The van der Waals surface area contributed by atoms with Gasteiger partial charge in [0.1, 0.15) is 5.82 Å². The molecular formula is C10H17N3O. The quantitative estimate of drug-likeness (QED) is 0.761. The van der Waals surface area contributed by atoms with Crippen LogP contribution < -0.4 is 5.32 Å². The molecule has 0 saturated heterocycles. The fourth-order valence-electron chi connectivity index (χ4n) is 1.21. The molecule has 0 unspecified atom stereocenters. The molecule has 0 saturated carbocycles. The first-order valence-corrected chi connectivity index (χ1v) is 4.72. The average Bonchev–Trinajstić information content (AvgIpc) is 2.02. The highest BCUT2D eigenvalue weighted by Crippen LogP contribution is 2.15. The Morgan fingerprint density at radius 3 is 2.79 bits per heavy atom. The van der Waals surface area contributed by atoms with Gasteiger partial charge in [0.2, 0.25) is 0 Å². The number of hydrogen-bond acceptors (Lipinski definition) is 4. The molecule has 0 atom stereocenters. The molecule has 2 N–H and O–H groups in total. The highest BCUT2D eigenvalue weighted by molar-refractivity contribution is 5.37. The summed E-state index contributed by atoms with van der Waals surface area (Å²) in [4.78, 5) is 0. The lowest BCUT2D eigenvalue weighted by atomic mass is 10.0. The molecule has 0 radical (unpaired) electrons. The van der Waals surface area contributed by atoms with Crippen LogP contribution in [-0.4, -0.2) is 27.4 Å². The van der Waals surface area contributed by atoms with Gasteiger partial charge in [-0.15, -0.1) is 5.10 Å². The second-order valence-corrected chi connectivity index (χ2v) is 4.10. The lowest BCUT2D eigenvalue weighted by Crippen LogP contribution is -2.32. The Labute approximate surface area is 84.4 Å². The number of aromatic nitrogens is 2. The normalized spacial score (nSPS) is 11.4. The maximum atomic E-state index is 8.86. The van der Waals surface area contributed by atoms with Crippen molar-refractivity contribution in [2.24, 2.45) is 0 Å². The zero-order valence-corrected chi connectivity index (χ0v) is 8.91. The molecule has 0 aliphatic heterocycles. The van der Waals surface area contributed by atoms with Crippen LogP contribution >= 0.6 is 0 Å². The lowest BCUT2D eigenvalue weighted by molar-refractivity contribution is 0.260. The average molecular weight is 195 g/mol. The lowest BCUT2D eigenvalue weighted by Gasteiger charge is -2.25. The van der Waals surface area contributed by atoms with E-state index in [1.54, 1.807) is 6.20 Å². The van der Waals surface area contributed by atoms with E-state index in [9.17, 15) is 0 Å². The number of rotatable bonds is 4. The zero-order chi connectivity index (χ0) is 10.6. The van der Waals surface area contributed by atoms with E-state index in [0.29, 0.717) is 6.42 Å². The third-order valence-electron chi connectivity index (χ3n) is 1.99. The SMILES string of the molecule is Cc1cnnc(NC(C)(C)CCO)c1. The molecule has 4 nitrogen and oxygen atoms in total. The molecule has 14 heavy (non-hydrogen) atoms. The van der Waals surface area contributed by atoms with Crippen LogP contribution in [0.25, 0.3) is 0 Å². The van der Waals surface area contributed by atoms with Gasteiger partial charge in [-0.1, -0.05) is 0 Å². The van der Waals surface area contributed by atoms with Crippen molar-refractivity contribution in [3.8, 4) is 0 Å². The van der Waals surface area contributed by atoms with E-state index >= 15 is 0 Å². The maximum Gasteiger partial charge on any atom is 0.149 e. The van der Waals surface area contributed by atoms with E-state index in [1.807, 2.05) is 26.8 Å². The maximum absolute atomic E-state index is 8.86. The first-order valence-electron chi connectivity index (χ1n) is 4.72. The summed E-state index contributed by atoms with van der Waals surface area (Å²) in [7, 11) is 0. The van der Waals surface area contributed by atoms with E-state index in [1.165, 1.54) is 0 Å². The van der Waals surface area contributed by atoms with Crippen molar-refractivity contribution in [1.29, 1.82) is 0 Å². The van der Waals surface area contributed by atoms with Gasteiger partial charge in [0.25, 0.3) is 0 Å². The van der Waals surface area contributed by atoms with Gasteiger partial charge >= 0.3 is 0 Å². The van der Waals surface area contributed by atoms with Crippen molar-refractivity contribution >= 4 is 5.82 Å². The largest absolute Gasteiger partial charge is 0.396 e. The molecule has 0 aliphatic rings. The molecule has 4 heteroatoms. The smallest absolute Gasteiger partial charge is 0.149 e. The molecule has 1 rings (SSSR count). The Morgan fingerprint density at radius 1 is 1.50 bits per heavy atom. The van der Waals surface area contributed by atoms with E-state index in [2.05, 4.69) is 15.5 Å². The number of aliphatic hydroxyl groups is 1. The molecule has 0 aromatic carbocycles. The van der Waals surface area contributed by atoms with E-state index in [4.69, 9.17) is 5.11 Å². The second-order valence-electron chi connectivity index (χ2n) is 4.10. The van der Waals surface area contributed by atoms with E-state index in [-0.39, 0.29) is 12.1 Å². The fraction of sp³-hybridized carbons (Fsp3) is 0.600. The van der Waals surface area contributed by atoms with Gasteiger partial charge < -0.3 is 10.4 Å². The summed E-state index contributed by atoms with van der Waals surface area (Å²) in [6.07, 6.45) is 2.40.